The number of aromatic nitrogens is 2. The number of hydrogen-bond donors (Lipinski definition) is 1. The monoisotopic (exact) mass is 287 g/mol. The maximum Gasteiger partial charge on any atom is 0.248 e. The van der Waals surface area contributed by atoms with Gasteiger partial charge in [0.05, 0.1) is 0 Å². The Morgan fingerprint density at radius 2 is 2.10 bits per heavy atom. The maximum atomic E-state index is 12.0. The van der Waals surface area contributed by atoms with Crippen LogP contribution < -0.4 is 5.32 Å². The average molecular weight is 287 g/mol. The van der Waals surface area contributed by atoms with Crippen molar-refractivity contribution in [2.24, 2.45) is 0 Å². The van der Waals surface area contributed by atoms with Crippen LogP contribution in [0.4, 0.5) is 0 Å². The molecule has 1 aromatic carbocycles. The average Bonchev–Trinajstić information content (AvgIpc) is 2.84. The Hall–Kier alpha value is -2.17. The molecule has 112 valence electrons. The van der Waals surface area contributed by atoms with E-state index in [9.17, 15) is 4.79 Å². The van der Waals surface area contributed by atoms with Crippen molar-refractivity contribution in [1.29, 1.82) is 0 Å². The predicted octanol–water partition coefficient (Wildman–Crippen LogP) is 2.80. The van der Waals surface area contributed by atoms with E-state index in [1.54, 1.807) is 6.92 Å². The second kappa shape index (κ2) is 6.52. The van der Waals surface area contributed by atoms with E-state index >= 15 is 0 Å². The van der Waals surface area contributed by atoms with Crippen LogP contribution in [0.15, 0.2) is 22.7 Å². The summed E-state index contributed by atoms with van der Waals surface area (Å²) in [5.74, 6) is 0.993. The first-order chi connectivity index (χ1) is 9.95. The number of carbonyl (C=O) groups excluding carboxylic acids is 1. The molecule has 0 bridgehead atoms. The van der Waals surface area contributed by atoms with Crippen molar-refractivity contribution >= 4 is 5.91 Å². The second-order valence-corrected chi connectivity index (χ2v) is 5.40. The first-order valence-corrected chi connectivity index (χ1v) is 7.11. The van der Waals surface area contributed by atoms with Crippen molar-refractivity contribution in [3.8, 4) is 0 Å². The number of nitrogens with one attached hydrogen (secondary N) is 1. The molecule has 0 saturated heterocycles. The van der Waals surface area contributed by atoms with Crippen molar-refractivity contribution in [1.82, 2.24) is 15.5 Å². The SMILES string of the molecule is Cc1ccc(CCC(=O)N[C@H](C)c2nc(C)no2)c(C)c1. The third-order valence-electron chi connectivity index (χ3n) is 3.41. The smallest absolute Gasteiger partial charge is 0.248 e. The van der Waals surface area contributed by atoms with Gasteiger partial charge in [0.2, 0.25) is 11.8 Å². The van der Waals surface area contributed by atoms with Crippen molar-refractivity contribution in [3.63, 3.8) is 0 Å². The van der Waals surface area contributed by atoms with Gasteiger partial charge in [-0.3, -0.25) is 4.79 Å². The van der Waals surface area contributed by atoms with Gasteiger partial charge in [-0.05, 0) is 45.2 Å². The van der Waals surface area contributed by atoms with E-state index in [0.717, 1.165) is 6.42 Å². The second-order valence-electron chi connectivity index (χ2n) is 5.40. The van der Waals surface area contributed by atoms with Crippen LogP contribution in [0.3, 0.4) is 0 Å². The van der Waals surface area contributed by atoms with Gasteiger partial charge in [0.1, 0.15) is 6.04 Å². The minimum Gasteiger partial charge on any atom is -0.345 e. The number of amides is 1. The maximum absolute atomic E-state index is 12.0. The zero-order valence-corrected chi connectivity index (χ0v) is 12.9. The van der Waals surface area contributed by atoms with Gasteiger partial charge in [-0.15, -0.1) is 0 Å². The molecule has 2 rings (SSSR count). The summed E-state index contributed by atoms with van der Waals surface area (Å²) in [7, 11) is 0. The van der Waals surface area contributed by atoms with E-state index in [2.05, 4.69) is 47.5 Å². The first-order valence-electron chi connectivity index (χ1n) is 7.11. The lowest BCUT2D eigenvalue weighted by atomic mass is 10.0. The normalized spacial score (nSPS) is 12.2. The highest BCUT2D eigenvalue weighted by atomic mass is 16.5. The van der Waals surface area contributed by atoms with Crippen molar-refractivity contribution in [2.45, 2.75) is 46.6 Å². The number of aryl methyl sites for hydroxylation is 4. The Labute approximate surface area is 124 Å². The number of carbonyl (C=O) groups is 1. The summed E-state index contributed by atoms with van der Waals surface area (Å²) in [5.41, 5.74) is 3.67. The van der Waals surface area contributed by atoms with Crippen LogP contribution in [-0.2, 0) is 11.2 Å². The topological polar surface area (TPSA) is 68.0 Å². The summed E-state index contributed by atoms with van der Waals surface area (Å²) in [6, 6.07) is 6.03. The Morgan fingerprint density at radius 3 is 2.71 bits per heavy atom. The fourth-order valence-corrected chi connectivity index (χ4v) is 2.24. The Morgan fingerprint density at radius 1 is 1.33 bits per heavy atom. The molecule has 1 heterocycles. The van der Waals surface area contributed by atoms with Gasteiger partial charge >= 0.3 is 0 Å². The molecule has 1 aromatic heterocycles. The van der Waals surface area contributed by atoms with Gasteiger partial charge < -0.3 is 9.84 Å². The highest BCUT2D eigenvalue weighted by Crippen LogP contribution is 2.13. The highest BCUT2D eigenvalue weighted by Gasteiger charge is 2.15. The fraction of sp³-hybridized carbons (Fsp3) is 0.438. The number of nitrogens with zero attached hydrogens (tertiary/aromatic N) is 2. The number of hydrogen-bond acceptors (Lipinski definition) is 4. The molecular weight excluding hydrogens is 266 g/mol. The summed E-state index contributed by atoms with van der Waals surface area (Å²) >= 11 is 0. The van der Waals surface area contributed by atoms with Crippen LogP contribution in [0.1, 0.15) is 47.8 Å². The summed E-state index contributed by atoms with van der Waals surface area (Å²) in [4.78, 5) is 16.1. The van der Waals surface area contributed by atoms with Crippen molar-refractivity contribution in [2.75, 3.05) is 0 Å². The summed E-state index contributed by atoms with van der Waals surface area (Å²) in [5, 5.41) is 6.60. The standard InChI is InChI=1S/C16H21N3O2/c1-10-5-6-14(11(2)9-10)7-8-15(20)17-12(3)16-18-13(4)19-21-16/h5-6,9,12H,7-8H2,1-4H3,(H,17,20)/t12-/m1/s1. The molecule has 0 saturated carbocycles. The Kier molecular flexibility index (Phi) is 4.73. The molecule has 1 atom stereocenters. The van der Waals surface area contributed by atoms with Gasteiger partial charge in [-0.1, -0.05) is 28.9 Å². The predicted molar refractivity (Wildman–Crippen MR) is 79.8 cm³/mol. The fourth-order valence-electron chi connectivity index (χ4n) is 2.24. The highest BCUT2D eigenvalue weighted by molar-refractivity contribution is 5.76. The van der Waals surface area contributed by atoms with Gasteiger partial charge in [0, 0.05) is 6.42 Å². The van der Waals surface area contributed by atoms with Crippen LogP contribution >= 0.6 is 0 Å². The molecule has 21 heavy (non-hydrogen) atoms. The molecule has 0 aliphatic rings. The van der Waals surface area contributed by atoms with E-state index in [1.807, 2.05) is 6.92 Å². The van der Waals surface area contributed by atoms with E-state index in [1.165, 1.54) is 16.7 Å². The van der Waals surface area contributed by atoms with Gasteiger partial charge in [0.25, 0.3) is 0 Å². The molecule has 0 radical (unpaired) electrons. The molecule has 0 aliphatic heterocycles. The summed E-state index contributed by atoms with van der Waals surface area (Å²) < 4.78 is 5.05. The first kappa shape index (κ1) is 15.2. The third kappa shape index (κ3) is 4.15. The van der Waals surface area contributed by atoms with Crippen LogP contribution in [0.2, 0.25) is 0 Å². The molecule has 0 aliphatic carbocycles. The quantitative estimate of drug-likeness (QED) is 0.918. The lowest BCUT2D eigenvalue weighted by molar-refractivity contribution is -0.121. The molecule has 0 fully saturated rings. The van der Waals surface area contributed by atoms with Crippen LogP contribution in [-0.4, -0.2) is 16.0 Å². The van der Waals surface area contributed by atoms with Crippen LogP contribution in [0.5, 0.6) is 0 Å². The third-order valence-corrected chi connectivity index (χ3v) is 3.41. The minimum absolute atomic E-state index is 0.0154. The molecule has 5 nitrogen and oxygen atoms in total. The molecule has 1 N–H and O–H groups in total. The van der Waals surface area contributed by atoms with E-state index in [0.29, 0.717) is 18.1 Å². The molecule has 1 amide bonds. The van der Waals surface area contributed by atoms with Crippen molar-refractivity contribution in [3.05, 3.63) is 46.6 Å². The van der Waals surface area contributed by atoms with Crippen LogP contribution in [0, 0.1) is 20.8 Å². The van der Waals surface area contributed by atoms with Gasteiger partial charge in [-0.25, -0.2) is 0 Å². The van der Waals surface area contributed by atoms with Crippen LogP contribution in [0.25, 0.3) is 0 Å². The molecule has 5 heteroatoms. The Bertz CT molecular complexity index is 634. The lowest BCUT2D eigenvalue weighted by Crippen LogP contribution is -2.27. The lowest BCUT2D eigenvalue weighted by Gasteiger charge is -2.10. The van der Waals surface area contributed by atoms with E-state index in [-0.39, 0.29) is 11.9 Å². The molecule has 0 unspecified atom stereocenters. The Balaban J connectivity index is 1.87. The summed E-state index contributed by atoms with van der Waals surface area (Å²) in [6.07, 6.45) is 1.18. The number of benzene rings is 1. The zero-order valence-electron chi connectivity index (χ0n) is 12.9. The van der Waals surface area contributed by atoms with Crippen molar-refractivity contribution < 1.29 is 9.32 Å². The van der Waals surface area contributed by atoms with Gasteiger partial charge in [-0.2, -0.15) is 4.98 Å². The molecular formula is C16H21N3O2. The number of rotatable bonds is 5. The molecule has 2 aromatic rings. The zero-order chi connectivity index (χ0) is 15.4. The summed E-state index contributed by atoms with van der Waals surface area (Å²) in [6.45, 7) is 7.73. The van der Waals surface area contributed by atoms with E-state index < -0.39 is 0 Å². The van der Waals surface area contributed by atoms with E-state index in [4.69, 9.17) is 4.52 Å². The minimum atomic E-state index is -0.266. The largest absolute Gasteiger partial charge is 0.345 e. The molecule has 0 spiro atoms. The van der Waals surface area contributed by atoms with Gasteiger partial charge in [0.15, 0.2) is 5.82 Å².